The zero-order valence-corrected chi connectivity index (χ0v) is 20.4. The van der Waals surface area contributed by atoms with Crippen LogP contribution in [0.3, 0.4) is 0 Å². The van der Waals surface area contributed by atoms with Crippen molar-refractivity contribution in [2.45, 2.75) is 81.9 Å². The van der Waals surface area contributed by atoms with E-state index in [-0.39, 0.29) is 17.9 Å². The maximum Gasteiger partial charge on any atom is 0.234 e. The van der Waals surface area contributed by atoms with Gasteiger partial charge in [-0.2, -0.15) is 0 Å². The Bertz CT molecular complexity index is 800. The van der Waals surface area contributed by atoms with Crippen LogP contribution in [0.5, 0.6) is 17.2 Å². The predicted octanol–water partition coefficient (Wildman–Crippen LogP) is 3.83. The lowest BCUT2D eigenvalue weighted by atomic mass is 9.66. The second kappa shape index (κ2) is 10.5. The third-order valence-corrected chi connectivity index (χ3v) is 8.02. The zero-order valence-electron chi connectivity index (χ0n) is 20.4. The minimum atomic E-state index is -0.695. The molecule has 1 heterocycles. The van der Waals surface area contributed by atoms with Crippen molar-refractivity contribution in [2.24, 2.45) is 5.92 Å². The highest BCUT2D eigenvalue weighted by atomic mass is 16.5. The minimum absolute atomic E-state index is 0.0605. The number of piperidine rings is 1. The molecule has 33 heavy (non-hydrogen) atoms. The van der Waals surface area contributed by atoms with Crippen molar-refractivity contribution in [2.75, 3.05) is 34.4 Å². The molecule has 184 valence electrons. The molecule has 3 atom stereocenters. The molecule has 0 bridgehead atoms. The van der Waals surface area contributed by atoms with Crippen LogP contribution in [-0.2, 0) is 4.79 Å². The van der Waals surface area contributed by atoms with Gasteiger partial charge in [-0.05, 0) is 49.8 Å². The molecule has 2 aliphatic carbocycles. The van der Waals surface area contributed by atoms with E-state index in [0.717, 1.165) is 44.1 Å². The lowest BCUT2D eigenvalue weighted by Crippen LogP contribution is -2.56. The van der Waals surface area contributed by atoms with Gasteiger partial charge >= 0.3 is 0 Å². The van der Waals surface area contributed by atoms with Gasteiger partial charge in [0.2, 0.25) is 11.7 Å². The number of hydrogen-bond acceptors (Lipinski definition) is 6. The first-order valence-electron chi connectivity index (χ1n) is 12.5. The highest BCUT2D eigenvalue weighted by Gasteiger charge is 2.49. The second-order valence-electron chi connectivity index (χ2n) is 9.98. The molecule has 0 radical (unpaired) electrons. The van der Waals surface area contributed by atoms with Crippen LogP contribution in [0.1, 0.15) is 75.8 Å². The largest absolute Gasteiger partial charge is 0.493 e. The summed E-state index contributed by atoms with van der Waals surface area (Å²) in [4.78, 5) is 15.3. The zero-order chi connectivity index (χ0) is 23.4. The van der Waals surface area contributed by atoms with E-state index >= 15 is 0 Å². The molecule has 4 rings (SSSR count). The summed E-state index contributed by atoms with van der Waals surface area (Å²) in [6.07, 6.45) is 10.4. The van der Waals surface area contributed by atoms with Gasteiger partial charge < -0.3 is 24.6 Å². The van der Waals surface area contributed by atoms with Crippen molar-refractivity contribution in [3.63, 3.8) is 0 Å². The predicted molar refractivity (Wildman–Crippen MR) is 127 cm³/mol. The quantitative estimate of drug-likeness (QED) is 0.644. The number of ether oxygens (including phenoxy) is 3. The molecule has 1 saturated heterocycles. The van der Waals surface area contributed by atoms with Crippen LogP contribution >= 0.6 is 0 Å². The minimum Gasteiger partial charge on any atom is -0.493 e. The van der Waals surface area contributed by atoms with E-state index in [0.29, 0.717) is 42.8 Å². The Kier molecular flexibility index (Phi) is 7.69. The van der Waals surface area contributed by atoms with Gasteiger partial charge in [0, 0.05) is 24.5 Å². The highest BCUT2D eigenvalue weighted by molar-refractivity contribution is 5.78. The van der Waals surface area contributed by atoms with Crippen molar-refractivity contribution in [3.8, 4) is 17.2 Å². The monoisotopic (exact) mass is 460 g/mol. The summed E-state index contributed by atoms with van der Waals surface area (Å²) in [5, 5.41) is 14.8. The van der Waals surface area contributed by atoms with Gasteiger partial charge in [0.05, 0.1) is 33.5 Å². The lowest BCUT2D eigenvalue weighted by molar-refractivity contribution is -0.138. The molecule has 0 aromatic heterocycles. The number of benzene rings is 1. The fourth-order valence-corrected chi connectivity index (χ4v) is 6.34. The summed E-state index contributed by atoms with van der Waals surface area (Å²) < 4.78 is 16.8. The fraction of sp³-hybridized carbons (Fsp3) is 0.731. The van der Waals surface area contributed by atoms with E-state index < -0.39 is 5.60 Å². The number of methoxy groups -OCH3 is 3. The molecule has 2 N–H and O–H groups in total. The van der Waals surface area contributed by atoms with Crippen molar-refractivity contribution >= 4 is 5.91 Å². The van der Waals surface area contributed by atoms with Crippen LogP contribution in [0.4, 0.5) is 0 Å². The molecular formula is C26H40N2O5. The number of nitrogens with zero attached hydrogens (tertiary/aromatic N) is 1. The Balaban J connectivity index is 1.64. The summed E-state index contributed by atoms with van der Waals surface area (Å²) in [7, 11) is 4.84. The number of hydrogen-bond donors (Lipinski definition) is 2. The fourth-order valence-electron chi connectivity index (χ4n) is 6.34. The topological polar surface area (TPSA) is 80.3 Å². The van der Waals surface area contributed by atoms with E-state index in [9.17, 15) is 9.90 Å². The molecule has 7 nitrogen and oxygen atoms in total. The summed E-state index contributed by atoms with van der Waals surface area (Å²) >= 11 is 0. The number of rotatable bonds is 7. The van der Waals surface area contributed by atoms with Crippen molar-refractivity contribution in [1.82, 2.24) is 10.2 Å². The molecule has 3 fully saturated rings. The Hall–Kier alpha value is -1.99. The molecule has 1 amide bonds. The van der Waals surface area contributed by atoms with Crippen molar-refractivity contribution in [3.05, 3.63) is 17.7 Å². The maximum atomic E-state index is 13.1. The third-order valence-electron chi connectivity index (χ3n) is 8.02. The number of likely N-dealkylation sites (tertiary alicyclic amines) is 1. The molecule has 1 aromatic rings. The second-order valence-corrected chi connectivity index (χ2v) is 9.98. The van der Waals surface area contributed by atoms with Crippen LogP contribution in [0.2, 0.25) is 0 Å². The van der Waals surface area contributed by atoms with Gasteiger partial charge in [0.1, 0.15) is 0 Å². The van der Waals surface area contributed by atoms with Crippen LogP contribution in [0.15, 0.2) is 12.1 Å². The molecule has 3 unspecified atom stereocenters. The first-order valence-corrected chi connectivity index (χ1v) is 12.5. The van der Waals surface area contributed by atoms with Crippen LogP contribution in [0.25, 0.3) is 0 Å². The molecule has 1 aliphatic heterocycles. The Labute approximate surface area is 197 Å². The molecule has 0 spiro atoms. The van der Waals surface area contributed by atoms with E-state index in [1.165, 1.54) is 19.3 Å². The molecular weight excluding hydrogens is 420 g/mol. The average molecular weight is 461 g/mol. The van der Waals surface area contributed by atoms with Gasteiger partial charge in [-0.25, -0.2) is 0 Å². The smallest absolute Gasteiger partial charge is 0.234 e. The van der Waals surface area contributed by atoms with Gasteiger partial charge in [-0.1, -0.05) is 32.1 Å². The Morgan fingerprint density at radius 1 is 1.00 bits per heavy atom. The van der Waals surface area contributed by atoms with Crippen LogP contribution in [0, 0.1) is 5.92 Å². The van der Waals surface area contributed by atoms with Gasteiger partial charge in [0.25, 0.3) is 0 Å². The molecule has 2 saturated carbocycles. The van der Waals surface area contributed by atoms with E-state index in [4.69, 9.17) is 14.2 Å². The Morgan fingerprint density at radius 2 is 1.67 bits per heavy atom. The summed E-state index contributed by atoms with van der Waals surface area (Å²) in [6.45, 7) is 1.02. The summed E-state index contributed by atoms with van der Waals surface area (Å²) in [5.41, 5.74) is 0.305. The number of fused-ring (bicyclic) bond motifs is 1. The average Bonchev–Trinajstić information content (AvgIpc) is 2.83. The standard InChI is InChI=1S/C26H40N2O5/c1-31-21-15-18(16-22(32-2)25(21)33-3)24-20-11-7-8-12-26(20,30)13-14-28(24)17-23(29)27-19-9-5-4-6-10-19/h15-16,19-20,24,30H,4-14,17H2,1-3H3,(H,27,29). The lowest BCUT2D eigenvalue weighted by Gasteiger charge is -2.52. The molecule has 1 aromatic carbocycles. The maximum absolute atomic E-state index is 13.1. The van der Waals surface area contributed by atoms with E-state index in [1.54, 1.807) is 21.3 Å². The number of carbonyl (C=O) groups is 1. The van der Waals surface area contributed by atoms with Crippen molar-refractivity contribution < 1.29 is 24.1 Å². The van der Waals surface area contributed by atoms with E-state index in [2.05, 4.69) is 10.2 Å². The van der Waals surface area contributed by atoms with Gasteiger partial charge in [0.15, 0.2) is 11.5 Å². The number of aliphatic hydroxyl groups is 1. The number of carbonyl (C=O) groups excluding carboxylic acids is 1. The first kappa shape index (κ1) is 24.1. The number of amides is 1. The number of nitrogens with one attached hydrogen (secondary N) is 1. The normalized spacial score (nSPS) is 28.6. The highest BCUT2D eigenvalue weighted by Crippen LogP contribution is 2.51. The molecule has 3 aliphatic rings. The third kappa shape index (κ3) is 5.09. The van der Waals surface area contributed by atoms with Gasteiger partial charge in [-0.15, -0.1) is 0 Å². The summed E-state index contributed by atoms with van der Waals surface area (Å²) in [6, 6.07) is 4.17. The van der Waals surface area contributed by atoms with Crippen LogP contribution < -0.4 is 19.5 Å². The Morgan fingerprint density at radius 3 is 2.30 bits per heavy atom. The molecule has 7 heteroatoms. The van der Waals surface area contributed by atoms with Gasteiger partial charge in [-0.3, -0.25) is 9.69 Å². The van der Waals surface area contributed by atoms with Crippen LogP contribution in [-0.4, -0.2) is 62.0 Å². The van der Waals surface area contributed by atoms with Crippen molar-refractivity contribution in [1.29, 1.82) is 0 Å². The summed E-state index contributed by atoms with van der Waals surface area (Å²) in [5.74, 6) is 1.90. The van der Waals surface area contributed by atoms with E-state index in [1.807, 2.05) is 12.1 Å². The first-order chi connectivity index (χ1) is 16.0. The SMILES string of the molecule is COc1cc(C2C3CCCCC3(O)CCN2CC(=O)NC2CCCCC2)cc(OC)c1OC.